The Morgan fingerprint density at radius 3 is 2.83 bits per heavy atom. The Hall–Kier alpha value is -1.50. The number of likely N-dealkylation sites (tertiary alicyclic amines) is 1. The molecule has 2 N–H and O–H groups in total. The molecule has 4 nitrogen and oxygen atoms in total. The summed E-state index contributed by atoms with van der Waals surface area (Å²) in [7, 11) is 0. The van der Waals surface area contributed by atoms with Crippen molar-refractivity contribution in [3.8, 4) is 10.4 Å². The second-order valence-corrected chi connectivity index (χ2v) is 7.12. The highest BCUT2D eigenvalue weighted by atomic mass is 35.5. The first kappa shape index (κ1) is 16.4. The minimum atomic E-state index is -0.323. The van der Waals surface area contributed by atoms with Crippen LogP contribution in [0.25, 0.3) is 10.4 Å². The lowest BCUT2D eigenvalue weighted by Crippen LogP contribution is -2.47. The number of carbonyl (C=O) groups is 1. The molecule has 1 aliphatic rings. The number of hydrogen-bond acceptors (Lipinski definition) is 4. The number of hydrogen-bond donors (Lipinski definition) is 1. The number of nitrogens with zero attached hydrogens (tertiary/aromatic N) is 2. The van der Waals surface area contributed by atoms with Crippen LogP contribution in [-0.2, 0) is 0 Å². The minimum absolute atomic E-state index is 0.0396. The lowest BCUT2D eigenvalue weighted by molar-refractivity contribution is 0.0619. The topological polar surface area (TPSA) is 59.2 Å². The van der Waals surface area contributed by atoms with Gasteiger partial charge in [-0.2, -0.15) is 0 Å². The van der Waals surface area contributed by atoms with Gasteiger partial charge in [0.25, 0.3) is 5.91 Å². The zero-order valence-corrected chi connectivity index (χ0v) is 14.0. The first-order valence-corrected chi connectivity index (χ1v) is 8.73. The molecule has 1 saturated heterocycles. The molecule has 1 aliphatic heterocycles. The molecule has 0 radical (unpaired) electrons. The van der Waals surface area contributed by atoms with E-state index in [4.69, 9.17) is 17.3 Å². The summed E-state index contributed by atoms with van der Waals surface area (Å²) in [6, 6.07) is 6.03. The summed E-state index contributed by atoms with van der Waals surface area (Å²) >= 11 is 7.27. The third-order valence-corrected chi connectivity index (χ3v) is 5.28. The van der Waals surface area contributed by atoms with E-state index in [1.807, 2.05) is 0 Å². The summed E-state index contributed by atoms with van der Waals surface area (Å²) < 4.78 is 13.4. The van der Waals surface area contributed by atoms with Gasteiger partial charge in [-0.25, -0.2) is 9.37 Å². The molecule has 1 aromatic heterocycles. The summed E-state index contributed by atoms with van der Waals surface area (Å²) in [6.45, 7) is 1.12. The molecule has 1 aromatic carbocycles. The SMILES string of the molecule is NC[C@@H]1CCCCN1C(=O)c1nc(Cl)sc1-c1ccc(F)cc1. The van der Waals surface area contributed by atoms with Crippen LogP contribution in [0.3, 0.4) is 0 Å². The van der Waals surface area contributed by atoms with Gasteiger partial charge in [0.2, 0.25) is 0 Å². The molecule has 7 heteroatoms. The molecule has 0 unspecified atom stereocenters. The van der Waals surface area contributed by atoms with Crippen molar-refractivity contribution in [2.45, 2.75) is 25.3 Å². The zero-order chi connectivity index (χ0) is 16.4. The Kier molecular flexibility index (Phi) is 4.94. The molecule has 122 valence electrons. The van der Waals surface area contributed by atoms with E-state index < -0.39 is 0 Å². The average molecular weight is 354 g/mol. The third-order valence-electron chi connectivity index (χ3n) is 4.07. The van der Waals surface area contributed by atoms with Crippen molar-refractivity contribution < 1.29 is 9.18 Å². The lowest BCUT2D eigenvalue weighted by atomic mass is 10.0. The Bertz CT molecular complexity index is 704. The van der Waals surface area contributed by atoms with Crippen molar-refractivity contribution in [1.29, 1.82) is 0 Å². The quantitative estimate of drug-likeness (QED) is 0.917. The van der Waals surface area contributed by atoms with Gasteiger partial charge in [0, 0.05) is 19.1 Å². The Labute approximate surface area is 143 Å². The van der Waals surface area contributed by atoms with Crippen molar-refractivity contribution in [3.63, 3.8) is 0 Å². The van der Waals surface area contributed by atoms with Crippen molar-refractivity contribution in [3.05, 3.63) is 40.2 Å². The maximum atomic E-state index is 13.1. The molecule has 0 bridgehead atoms. The van der Waals surface area contributed by atoms with Crippen LogP contribution >= 0.6 is 22.9 Å². The normalized spacial score (nSPS) is 18.2. The number of rotatable bonds is 3. The molecule has 23 heavy (non-hydrogen) atoms. The van der Waals surface area contributed by atoms with E-state index in [1.54, 1.807) is 17.0 Å². The van der Waals surface area contributed by atoms with Gasteiger partial charge in [-0.15, -0.1) is 11.3 Å². The monoisotopic (exact) mass is 353 g/mol. The fourth-order valence-corrected chi connectivity index (χ4v) is 3.99. The van der Waals surface area contributed by atoms with Gasteiger partial charge in [0.05, 0.1) is 4.88 Å². The predicted molar refractivity (Wildman–Crippen MR) is 90.2 cm³/mol. The molecule has 1 fully saturated rings. The number of piperidine rings is 1. The fourth-order valence-electron chi connectivity index (χ4n) is 2.88. The third kappa shape index (κ3) is 3.39. The van der Waals surface area contributed by atoms with Gasteiger partial charge < -0.3 is 10.6 Å². The van der Waals surface area contributed by atoms with Gasteiger partial charge >= 0.3 is 0 Å². The lowest BCUT2D eigenvalue weighted by Gasteiger charge is -2.34. The molecule has 0 aliphatic carbocycles. The highest BCUT2D eigenvalue weighted by molar-refractivity contribution is 7.19. The largest absolute Gasteiger partial charge is 0.333 e. The number of carbonyl (C=O) groups excluding carboxylic acids is 1. The Balaban J connectivity index is 1.96. The van der Waals surface area contributed by atoms with Gasteiger partial charge in [-0.05, 0) is 37.0 Å². The maximum Gasteiger partial charge on any atom is 0.274 e. The van der Waals surface area contributed by atoms with E-state index in [1.165, 1.54) is 23.5 Å². The van der Waals surface area contributed by atoms with Crippen LogP contribution in [0.4, 0.5) is 4.39 Å². The van der Waals surface area contributed by atoms with Gasteiger partial charge in [-0.1, -0.05) is 23.7 Å². The van der Waals surface area contributed by atoms with E-state index in [0.29, 0.717) is 28.1 Å². The second kappa shape index (κ2) is 6.95. The minimum Gasteiger partial charge on any atom is -0.333 e. The molecular weight excluding hydrogens is 337 g/mol. The first-order chi connectivity index (χ1) is 11.1. The van der Waals surface area contributed by atoms with Crippen LogP contribution in [0.15, 0.2) is 24.3 Å². The van der Waals surface area contributed by atoms with E-state index >= 15 is 0 Å². The van der Waals surface area contributed by atoms with Gasteiger partial charge in [0.1, 0.15) is 11.5 Å². The molecular formula is C16H17ClFN3OS. The number of amides is 1. The number of halogens is 2. The number of aromatic nitrogens is 1. The summed E-state index contributed by atoms with van der Waals surface area (Å²) in [5, 5.41) is 0. The second-order valence-electron chi connectivity index (χ2n) is 5.54. The molecule has 0 saturated carbocycles. The average Bonchev–Trinajstić information content (AvgIpc) is 2.96. The summed E-state index contributed by atoms with van der Waals surface area (Å²) in [6.07, 6.45) is 2.95. The van der Waals surface area contributed by atoms with Crippen molar-refractivity contribution in [2.75, 3.05) is 13.1 Å². The first-order valence-electron chi connectivity index (χ1n) is 7.53. The molecule has 3 rings (SSSR count). The Morgan fingerprint density at radius 2 is 2.13 bits per heavy atom. The number of thiazole rings is 1. The molecule has 1 amide bonds. The zero-order valence-electron chi connectivity index (χ0n) is 12.5. The van der Waals surface area contributed by atoms with Crippen molar-refractivity contribution in [2.24, 2.45) is 5.73 Å². The van der Waals surface area contributed by atoms with Gasteiger partial charge in [-0.3, -0.25) is 4.79 Å². The fraction of sp³-hybridized carbons (Fsp3) is 0.375. The number of benzene rings is 1. The standard InChI is InChI=1S/C16H17ClFN3OS/c17-16-20-13(14(23-16)10-4-6-11(18)7-5-10)15(22)21-8-2-1-3-12(21)9-19/h4-7,12H,1-3,8-9,19H2/t12-/m0/s1. The van der Waals surface area contributed by atoms with E-state index in [-0.39, 0.29) is 17.8 Å². The van der Waals surface area contributed by atoms with Gasteiger partial charge in [0.15, 0.2) is 4.47 Å². The van der Waals surface area contributed by atoms with E-state index in [2.05, 4.69) is 4.98 Å². The predicted octanol–water partition coefficient (Wildman–Crippen LogP) is 3.56. The summed E-state index contributed by atoms with van der Waals surface area (Å²) in [5.74, 6) is -0.473. The maximum absolute atomic E-state index is 13.1. The summed E-state index contributed by atoms with van der Waals surface area (Å²) in [4.78, 5) is 19.6. The van der Waals surface area contributed by atoms with Crippen LogP contribution in [0.1, 0.15) is 29.8 Å². The summed E-state index contributed by atoms with van der Waals surface area (Å²) in [5.41, 5.74) is 6.86. The van der Waals surface area contributed by atoms with Crippen molar-refractivity contribution >= 4 is 28.8 Å². The van der Waals surface area contributed by atoms with Crippen LogP contribution in [0, 0.1) is 5.82 Å². The molecule has 2 heterocycles. The number of nitrogens with two attached hydrogens (primary N) is 1. The molecule has 1 atom stereocenters. The van der Waals surface area contributed by atoms with E-state index in [0.717, 1.165) is 24.8 Å². The highest BCUT2D eigenvalue weighted by Gasteiger charge is 2.30. The smallest absolute Gasteiger partial charge is 0.274 e. The van der Waals surface area contributed by atoms with Crippen LogP contribution in [-0.4, -0.2) is 34.9 Å². The van der Waals surface area contributed by atoms with Crippen LogP contribution in [0.5, 0.6) is 0 Å². The van der Waals surface area contributed by atoms with Crippen molar-refractivity contribution in [1.82, 2.24) is 9.88 Å². The molecule has 2 aromatic rings. The van der Waals surface area contributed by atoms with Crippen LogP contribution < -0.4 is 5.73 Å². The van der Waals surface area contributed by atoms with E-state index in [9.17, 15) is 9.18 Å². The van der Waals surface area contributed by atoms with Crippen LogP contribution in [0.2, 0.25) is 4.47 Å². The Morgan fingerprint density at radius 1 is 1.39 bits per heavy atom. The highest BCUT2D eigenvalue weighted by Crippen LogP contribution is 2.34. The molecule has 0 spiro atoms.